The fourth-order valence-electron chi connectivity index (χ4n) is 2.12. The molecule has 94 valence electrons. The van der Waals surface area contributed by atoms with Crippen molar-refractivity contribution in [1.29, 1.82) is 0 Å². The molecule has 18 heavy (non-hydrogen) atoms. The molecule has 0 aromatic heterocycles. The van der Waals surface area contributed by atoms with E-state index in [4.69, 9.17) is 0 Å². The first kappa shape index (κ1) is 12.6. The van der Waals surface area contributed by atoms with Gasteiger partial charge in [0.1, 0.15) is 5.76 Å². The topological polar surface area (TPSA) is 49.7 Å². The molecule has 1 N–H and O–H groups in total. The Morgan fingerprint density at radius 1 is 1.28 bits per heavy atom. The number of carbonyl (C=O) groups is 1. The maximum Gasteiger partial charge on any atom is 0.168 e. The number of hydrogen-bond donors (Lipinski definition) is 1. The fourth-order valence-corrected chi connectivity index (χ4v) is 2.12. The Hall–Kier alpha value is -1.90. The van der Waals surface area contributed by atoms with Crippen LogP contribution in [0.1, 0.15) is 32.6 Å². The smallest absolute Gasteiger partial charge is 0.168 e. The van der Waals surface area contributed by atoms with Crippen molar-refractivity contribution in [3.05, 3.63) is 41.7 Å². The lowest BCUT2D eigenvalue weighted by atomic mass is 9.92. The van der Waals surface area contributed by atoms with E-state index in [0.29, 0.717) is 30.5 Å². The molecule has 0 aliphatic heterocycles. The monoisotopic (exact) mass is 243 g/mol. The van der Waals surface area contributed by atoms with Gasteiger partial charge in [0.05, 0.1) is 17.0 Å². The van der Waals surface area contributed by atoms with Crippen LogP contribution in [0.15, 0.2) is 46.7 Å². The van der Waals surface area contributed by atoms with Gasteiger partial charge >= 0.3 is 0 Å². The first-order valence-electron chi connectivity index (χ1n) is 6.30. The van der Waals surface area contributed by atoms with Crippen LogP contribution in [-0.2, 0) is 4.79 Å². The number of aliphatic imine (C=N–C) groups is 1. The van der Waals surface area contributed by atoms with Crippen molar-refractivity contribution in [3.63, 3.8) is 0 Å². The number of para-hydroxylation sites is 1. The Labute approximate surface area is 107 Å². The van der Waals surface area contributed by atoms with Gasteiger partial charge in [-0.3, -0.25) is 9.79 Å². The minimum atomic E-state index is 0.00952. The predicted octanol–water partition coefficient (Wildman–Crippen LogP) is 3.73. The molecule has 3 nitrogen and oxygen atoms in total. The van der Waals surface area contributed by atoms with Crippen molar-refractivity contribution in [2.24, 2.45) is 4.99 Å². The van der Waals surface area contributed by atoms with Gasteiger partial charge in [-0.2, -0.15) is 0 Å². The van der Waals surface area contributed by atoms with Crippen molar-refractivity contribution in [2.75, 3.05) is 0 Å². The molecule has 3 heteroatoms. The Morgan fingerprint density at radius 3 is 2.61 bits per heavy atom. The minimum absolute atomic E-state index is 0.00952. The van der Waals surface area contributed by atoms with E-state index in [-0.39, 0.29) is 11.5 Å². The van der Waals surface area contributed by atoms with Crippen molar-refractivity contribution in [2.45, 2.75) is 32.6 Å². The van der Waals surface area contributed by atoms with Gasteiger partial charge in [0.25, 0.3) is 0 Å². The van der Waals surface area contributed by atoms with Crippen molar-refractivity contribution in [1.82, 2.24) is 0 Å². The molecule has 0 radical (unpaired) electrons. The molecule has 0 unspecified atom stereocenters. The molecule has 0 amide bonds. The molecule has 0 saturated carbocycles. The lowest BCUT2D eigenvalue weighted by Gasteiger charge is -2.16. The third-order valence-corrected chi connectivity index (χ3v) is 3.03. The summed E-state index contributed by atoms with van der Waals surface area (Å²) in [6.07, 6.45) is 2.46. The maximum atomic E-state index is 11.9. The highest BCUT2D eigenvalue weighted by Gasteiger charge is 2.23. The minimum Gasteiger partial charge on any atom is -0.511 e. The molecule has 1 aliphatic rings. The van der Waals surface area contributed by atoms with Gasteiger partial charge in [-0.15, -0.1) is 0 Å². The van der Waals surface area contributed by atoms with Crippen LogP contribution in [0.4, 0.5) is 5.69 Å². The molecule has 0 fully saturated rings. The maximum absolute atomic E-state index is 11.9. The second-order valence-electron chi connectivity index (χ2n) is 4.35. The van der Waals surface area contributed by atoms with Crippen molar-refractivity contribution in [3.8, 4) is 0 Å². The lowest BCUT2D eigenvalue weighted by Crippen LogP contribution is -2.18. The zero-order valence-electron chi connectivity index (χ0n) is 10.5. The summed E-state index contributed by atoms with van der Waals surface area (Å²) in [4.78, 5) is 16.4. The SMILES string of the molecule is CCC(=Nc1ccccc1)C1=C(O)CCCC1=O. The Kier molecular flexibility index (Phi) is 3.92. The normalized spacial score (nSPS) is 17.2. The molecular formula is C15H17NO2. The van der Waals surface area contributed by atoms with E-state index in [1.807, 2.05) is 37.3 Å². The third-order valence-electron chi connectivity index (χ3n) is 3.03. The van der Waals surface area contributed by atoms with E-state index in [2.05, 4.69) is 4.99 Å². The van der Waals surface area contributed by atoms with Crippen LogP contribution in [0.5, 0.6) is 0 Å². The van der Waals surface area contributed by atoms with Crippen molar-refractivity contribution >= 4 is 17.2 Å². The highest BCUT2D eigenvalue weighted by molar-refractivity contribution is 6.23. The quantitative estimate of drug-likeness (QED) is 0.822. The zero-order chi connectivity index (χ0) is 13.0. The molecule has 1 aliphatic carbocycles. The Balaban J connectivity index is 2.40. The van der Waals surface area contributed by atoms with E-state index >= 15 is 0 Å². The molecule has 1 aromatic rings. The summed E-state index contributed by atoms with van der Waals surface area (Å²) in [6.45, 7) is 1.95. The van der Waals surface area contributed by atoms with E-state index < -0.39 is 0 Å². The van der Waals surface area contributed by atoms with E-state index in [1.54, 1.807) is 0 Å². The average molecular weight is 243 g/mol. The van der Waals surface area contributed by atoms with Crippen LogP contribution >= 0.6 is 0 Å². The number of benzene rings is 1. The average Bonchev–Trinajstić information content (AvgIpc) is 2.38. The fraction of sp³-hybridized carbons (Fsp3) is 0.333. The molecule has 0 spiro atoms. The second-order valence-corrected chi connectivity index (χ2v) is 4.35. The number of Topliss-reactive ketones (excluding diaryl/α,β-unsaturated/α-hetero) is 1. The van der Waals surface area contributed by atoms with Crippen LogP contribution in [0.25, 0.3) is 0 Å². The largest absolute Gasteiger partial charge is 0.511 e. The summed E-state index contributed by atoms with van der Waals surface area (Å²) in [5, 5.41) is 9.90. The number of allylic oxidation sites excluding steroid dienone is 2. The molecule has 0 bridgehead atoms. The van der Waals surface area contributed by atoms with Crippen LogP contribution in [0.2, 0.25) is 0 Å². The number of aliphatic hydroxyl groups is 1. The predicted molar refractivity (Wildman–Crippen MR) is 72.3 cm³/mol. The standard InChI is InChI=1S/C15H17NO2/c1-2-12(16-11-7-4-3-5-8-11)15-13(17)9-6-10-14(15)18/h3-5,7-8,17H,2,6,9-10H2,1H3. The van der Waals surface area contributed by atoms with Gasteiger partial charge in [-0.05, 0) is 25.0 Å². The number of aliphatic hydroxyl groups excluding tert-OH is 1. The number of carbonyl (C=O) groups excluding carboxylic acids is 1. The van der Waals surface area contributed by atoms with Gasteiger partial charge in [-0.25, -0.2) is 0 Å². The first-order valence-corrected chi connectivity index (χ1v) is 6.30. The highest BCUT2D eigenvalue weighted by atomic mass is 16.3. The van der Waals surface area contributed by atoms with Crippen LogP contribution in [0.3, 0.4) is 0 Å². The van der Waals surface area contributed by atoms with Crippen molar-refractivity contribution < 1.29 is 9.90 Å². The summed E-state index contributed by atoms with van der Waals surface area (Å²) >= 11 is 0. The molecule has 1 aromatic carbocycles. The molecule has 0 heterocycles. The Morgan fingerprint density at radius 2 is 2.00 bits per heavy atom. The van der Waals surface area contributed by atoms with Gasteiger partial charge in [-0.1, -0.05) is 25.1 Å². The van der Waals surface area contributed by atoms with Crippen LogP contribution in [0, 0.1) is 0 Å². The van der Waals surface area contributed by atoms with E-state index in [1.165, 1.54) is 0 Å². The summed E-state index contributed by atoms with van der Waals surface area (Å²) in [5.41, 5.74) is 1.93. The molecule has 0 saturated heterocycles. The van der Waals surface area contributed by atoms with Crippen LogP contribution in [-0.4, -0.2) is 16.6 Å². The van der Waals surface area contributed by atoms with E-state index in [9.17, 15) is 9.90 Å². The number of ketones is 1. The first-order chi connectivity index (χ1) is 8.72. The van der Waals surface area contributed by atoms with Crippen LogP contribution < -0.4 is 0 Å². The highest BCUT2D eigenvalue weighted by Crippen LogP contribution is 2.24. The summed E-state index contributed by atoms with van der Waals surface area (Å²) in [7, 11) is 0. The lowest BCUT2D eigenvalue weighted by molar-refractivity contribution is -0.115. The zero-order valence-corrected chi connectivity index (χ0v) is 10.5. The number of hydrogen-bond acceptors (Lipinski definition) is 3. The van der Waals surface area contributed by atoms with Gasteiger partial charge in [0.2, 0.25) is 0 Å². The number of rotatable bonds is 3. The van der Waals surface area contributed by atoms with E-state index in [0.717, 1.165) is 12.1 Å². The summed E-state index contributed by atoms with van der Waals surface area (Å²) in [6, 6.07) is 9.51. The number of nitrogens with zero attached hydrogens (tertiary/aromatic N) is 1. The summed E-state index contributed by atoms with van der Waals surface area (Å²) < 4.78 is 0. The molecular weight excluding hydrogens is 226 g/mol. The second kappa shape index (κ2) is 5.63. The third kappa shape index (κ3) is 2.67. The molecule has 2 rings (SSSR count). The molecule has 0 atom stereocenters. The van der Waals surface area contributed by atoms with Gasteiger partial charge in [0.15, 0.2) is 5.78 Å². The Bertz CT molecular complexity index is 500. The summed E-state index contributed by atoms with van der Waals surface area (Å²) in [5.74, 6) is 0.207. The van der Waals surface area contributed by atoms with Gasteiger partial charge in [0, 0.05) is 12.8 Å². The van der Waals surface area contributed by atoms with Gasteiger partial charge < -0.3 is 5.11 Å².